The van der Waals surface area contributed by atoms with Crippen molar-refractivity contribution in [2.45, 2.75) is 51.0 Å². The van der Waals surface area contributed by atoms with Crippen molar-refractivity contribution < 1.29 is 14.3 Å². The van der Waals surface area contributed by atoms with Crippen LogP contribution in [0.1, 0.15) is 49.4 Å². The molecule has 1 aliphatic carbocycles. The molecule has 8 heteroatoms. The number of nitrogens with one attached hydrogen (secondary N) is 1. The second kappa shape index (κ2) is 9.67. The Kier molecular flexibility index (Phi) is 6.90. The summed E-state index contributed by atoms with van der Waals surface area (Å²) in [6.45, 7) is 6.52. The average Bonchev–Trinajstić information content (AvgIpc) is 3.14. The second-order valence-electron chi connectivity index (χ2n) is 8.48. The van der Waals surface area contributed by atoms with Crippen molar-refractivity contribution in [3.8, 4) is 11.5 Å². The number of rotatable bonds is 7. The molecule has 1 N–H and O–H groups in total. The minimum absolute atomic E-state index is 0.114. The third-order valence-electron chi connectivity index (χ3n) is 5.68. The van der Waals surface area contributed by atoms with Gasteiger partial charge in [0.1, 0.15) is 27.2 Å². The molecule has 4 rings (SSSR count). The summed E-state index contributed by atoms with van der Waals surface area (Å²) in [7, 11) is 3.18. The molecule has 2 aromatic heterocycles. The smallest absolute Gasteiger partial charge is 0.234 e. The van der Waals surface area contributed by atoms with Gasteiger partial charge in [0, 0.05) is 22.2 Å². The van der Waals surface area contributed by atoms with E-state index in [0.717, 1.165) is 33.9 Å². The molecule has 0 radical (unpaired) electrons. The molecule has 2 heterocycles. The fraction of sp³-hybridized carbons (Fsp3) is 0.458. The third-order valence-corrected chi connectivity index (χ3v) is 7.80. The van der Waals surface area contributed by atoms with Crippen molar-refractivity contribution in [2.75, 3.05) is 25.3 Å². The van der Waals surface area contributed by atoms with Gasteiger partial charge < -0.3 is 14.8 Å². The molecule has 0 saturated heterocycles. The van der Waals surface area contributed by atoms with E-state index in [1.165, 1.54) is 28.6 Å². The first-order valence-corrected chi connectivity index (χ1v) is 12.7. The molecular weight excluding hydrogens is 442 g/mol. The Hall–Kier alpha value is -2.32. The van der Waals surface area contributed by atoms with E-state index >= 15 is 0 Å². The van der Waals surface area contributed by atoms with E-state index in [4.69, 9.17) is 19.4 Å². The molecule has 3 aromatic rings. The number of amides is 1. The molecule has 0 unspecified atom stereocenters. The number of hydrogen-bond donors (Lipinski definition) is 1. The molecule has 0 bridgehead atoms. The van der Waals surface area contributed by atoms with Crippen LogP contribution in [0.4, 0.5) is 5.69 Å². The zero-order valence-electron chi connectivity index (χ0n) is 19.2. The van der Waals surface area contributed by atoms with E-state index in [1.807, 2.05) is 0 Å². The van der Waals surface area contributed by atoms with Crippen molar-refractivity contribution in [1.29, 1.82) is 0 Å². The van der Waals surface area contributed by atoms with Crippen LogP contribution >= 0.6 is 23.1 Å². The van der Waals surface area contributed by atoms with Crippen molar-refractivity contribution in [1.82, 2.24) is 9.97 Å². The van der Waals surface area contributed by atoms with Crippen LogP contribution in [0.3, 0.4) is 0 Å². The number of thiophene rings is 1. The molecule has 0 fully saturated rings. The number of benzene rings is 1. The van der Waals surface area contributed by atoms with Crippen LogP contribution in [0.25, 0.3) is 10.2 Å². The lowest BCUT2D eigenvalue weighted by Crippen LogP contribution is -2.15. The fourth-order valence-electron chi connectivity index (χ4n) is 3.92. The Bertz CT molecular complexity index is 1140. The lowest BCUT2D eigenvalue weighted by molar-refractivity contribution is -0.113. The zero-order valence-corrected chi connectivity index (χ0v) is 20.8. The van der Waals surface area contributed by atoms with Crippen LogP contribution in [0, 0.1) is 5.92 Å². The van der Waals surface area contributed by atoms with E-state index in [0.29, 0.717) is 23.1 Å². The Morgan fingerprint density at radius 1 is 1.28 bits per heavy atom. The van der Waals surface area contributed by atoms with E-state index in [2.05, 4.69) is 26.1 Å². The molecule has 1 amide bonds. The standard InChI is InChI=1S/C24H29N3O3S2/c1-13(2)22-26-23(21-16-8-6-14(3)10-19(16)32-24(21)27-22)31-12-20(28)25-17-11-15(29-4)7-9-18(17)30-5/h7,9,11,13-14H,6,8,10,12H2,1-5H3,(H,25,28)/t14-/m1/s1. The van der Waals surface area contributed by atoms with Gasteiger partial charge in [-0.1, -0.05) is 32.5 Å². The van der Waals surface area contributed by atoms with E-state index < -0.39 is 0 Å². The van der Waals surface area contributed by atoms with E-state index in [1.54, 1.807) is 43.8 Å². The van der Waals surface area contributed by atoms with E-state index in [-0.39, 0.29) is 17.6 Å². The molecule has 32 heavy (non-hydrogen) atoms. The molecule has 1 aliphatic rings. The fourth-order valence-corrected chi connectivity index (χ4v) is 6.24. The summed E-state index contributed by atoms with van der Waals surface area (Å²) in [6.07, 6.45) is 3.35. The van der Waals surface area contributed by atoms with Gasteiger partial charge in [0.2, 0.25) is 5.91 Å². The van der Waals surface area contributed by atoms with E-state index in [9.17, 15) is 4.79 Å². The number of ether oxygens (including phenoxy) is 2. The summed E-state index contributed by atoms with van der Waals surface area (Å²) in [5.74, 6) is 3.16. The topological polar surface area (TPSA) is 73.3 Å². The normalized spacial score (nSPS) is 15.6. The summed E-state index contributed by atoms with van der Waals surface area (Å²) in [5.41, 5.74) is 1.98. The lowest BCUT2D eigenvalue weighted by atomic mass is 9.89. The summed E-state index contributed by atoms with van der Waals surface area (Å²) >= 11 is 3.28. The third kappa shape index (κ3) is 4.71. The summed E-state index contributed by atoms with van der Waals surface area (Å²) < 4.78 is 10.6. The number of carbonyl (C=O) groups excluding carboxylic acids is 1. The molecule has 0 aliphatic heterocycles. The summed E-state index contributed by atoms with van der Waals surface area (Å²) in [4.78, 5) is 25.0. The van der Waals surface area contributed by atoms with Crippen LogP contribution in [-0.4, -0.2) is 35.8 Å². The molecule has 0 saturated carbocycles. The molecule has 1 aromatic carbocycles. The highest BCUT2D eigenvalue weighted by atomic mass is 32.2. The first kappa shape index (κ1) is 22.9. The van der Waals surface area contributed by atoms with Gasteiger partial charge in [0.15, 0.2) is 0 Å². The predicted octanol–water partition coefficient (Wildman–Crippen LogP) is 5.69. The SMILES string of the molecule is COc1ccc(OC)c(NC(=O)CSc2nc(C(C)C)nc3sc4c(c23)CC[C@@H](C)C4)c1. The van der Waals surface area contributed by atoms with Crippen LogP contribution < -0.4 is 14.8 Å². The molecule has 170 valence electrons. The van der Waals surface area contributed by atoms with Crippen molar-refractivity contribution in [2.24, 2.45) is 5.92 Å². The Morgan fingerprint density at radius 2 is 2.09 bits per heavy atom. The number of carbonyl (C=O) groups is 1. The van der Waals surface area contributed by atoms with Gasteiger partial charge in [-0.2, -0.15) is 0 Å². The number of aryl methyl sites for hydroxylation is 1. The number of aromatic nitrogens is 2. The van der Waals surface area contributed by atoms with Gasteiger partial charge in [-0.05, 0) is 42.9 Å². The number of thioether (sulfide) groups is 1. The minimum Gasteiger partial charge on any atom is -0.497 e. The van der Waals surface area contributed by atoms with Crippen LogP contribution in [0.15, 0.2) is 23.2 Å². The van der Waals surface area contributed by atoms with Crippen molar-refractivity contribution in [3.05, 3.63) is 34.5 Å². The van der Waals surface area contributed by atoms with Crippen LogP contribution in [-0.2, 0) is 17.6 Å². The van der Waals surface area contributed by atoms with Gasteiger partial charge in [0.05, 0.1) is 25.7 Å². The highest BCUT2D eigenvalue weighted by molar-refractivity contribution is 8.00. The Labute approximate surface area is 197 Å². The van der Waals surface area contributed by atoms with Crippen molar-refractivity contribution >= 4 is 44.9 Å². The number of nitrogens with zero attached hydrogens (tertiary/aromatic N) is 2. The highest BCUT2D eigenvalue weighted by Crippen LogP contribution is 2.41. The largest absolute Gasteiger partial charge is 0.497 e. The maximum Gasteiger partial charge on any atom is 0.234 e. The maximum absolute atomic E-state index is 12.8. The van der Waals surface area contributed by atoms with Crippen LogP contribution in [0.5, 0.6) is 11.5 Å². The molecule has 1 atom stereocenters. The monoisotopic (exact) mass is 471 g/mol. The summed E-state index contributed by atoms with van der Waals surface area (Å²) in [5, 5.41) is 5.01. The minimum atomic E-state index is -0.114. The maximum atomic E-state index is 12.8. The molecule has 6 nitrogen and oxygen atoms in total. The quantitative estimate of drug-likeness (QED) is 0.353. The first-order chi connectivity index (χ1) is 15.4. The van der Waals surface area contributed by atoms with Gasteiger partial charge in [-0.25, -0.2) is 9.97 Å². The second-order valence-corrected chi connectivity index (χ2v) is 10.5. The van der Waals surface area contributed by atoms with Gasteiger partial charge in [-0.15, -0.1) is 11.3 Å². The summed E-state index contributed by atoms with van der Waals surface area (Å²) in [6, 6.07) is 5.34. The average molecular weight is 472 g/mol. The highest BCUT2D eigenvalue weighted by Gasteiger charge is 2.25. The number of methoxy groups -OCH3 is 2. The van der Waals surface area contributed by atoms with Crippen LogP contribution in [0.2, 0.25) is 0 Å². The molecule has 0 spiro atoms. The lowest BCUT2D eigenvalue weighted by Gasteiger charge is -2.18. The van der Waals surface area contributed by atoms with Gasteiger partial charge >= 0.3 is 0 Å². The Balaban J connectivity index is 1.59. The Morgan fingerprint density at radius 3 is 2.81 bits per heavy atom. The number of hydrogen-bond acceptors (Lipinski definition) is 7. The number of fused-ring (bicyclic) bond motifs is 3. The van der Waals surface area contributed by atoms with Crippen molar-refractivity contribution in [3.63, 3.8) is 0 Å². The zero-order chi connectivity index (χ0) is 22.8. The van der Waals surface area contributed by atoms with Gasteiger partial charge in [0.25, 0.3) is 0 Å². The molecular formula is C24H29N3O3S2. The van der Waals surface area contributed by atoms with Gasteiger partial charge in [-0.3, -0.25) is 4.79 Å². The number of anilines is 1. The first-order valence-electron chi connectivity index (χ1n) is 10.9. The predicted molar refractivity (Wildman–Crippen MR) is 132 cm³/mol.